The van der Waals surface area contributed by atoms with Crippen molar-refractivity contribution in [2.75, 3.05) is 18.6 Å². The van der Waals surface area contributed by atoms with Crippen molar-refractivity contribution in [2.45, 2.75) is 0 Å². The van der Waals surface area contributed by atoms with E-state index < -0.39 is 18.6 Å². The Bertz CT molecular complexity index is 895. The second kappa shape index (κ2) is 7.43. The van der Waals surface area contributed by atoms with Gasteiger partial charge in [-0.15, -0.1) is 0 Å². The summed E-state index contributed by atoms with van der Waals surface area (Å²) in [4.78, 5) is 24.0. The van der Waals surface area contributed by atoms with E-state index >= 15 is 0 Å². The zero-order valence-electron chi connectivity index (χ0n) is 13.1. The van der Waals surface area contributed by atoms with Gasteiger partial charge in [0.05, 0.1) is 5.52 Å². The van der Waals surface area contributed by atoms with Crippen LogP contribution in [-0.4, -0.2) is 35.4 Å². The fourth-order valence-electron chi connectivity index (χ4n) is 2.24. The molecular weight excluding hydrogens is 327 g/mol. The Hall–Kier alpha value is -3.42. The third kappa shape index (κ3) is 3.92. The summed E-state index contributed by atoms with van der Waals surface area (Å²) in [6, 6.07) is 12.7. The van der Waals surface area contributed by atoms with Gasteiger partial charge in [-0.2, -0.15) is 5.10 Å². The molecule has 7 nitrogen and oxygen atoms in total. The first kappa shape index (κ1) is 16.4. The summed E-state index contributed by atoms with van der Waals surface area (Å²) < 4.78 is 17.4. The predicted molar refractivity (Wildman–Crippen MR) is 90.5 cm³/mol. The number of halogens is 1. The lowest BCUT2D eigenvalue weighted by Crippen LogP contribution is -2.34. The molecule has 3 N–H and O–H groups in total. The average molecular weight is 342 g/mol. The van der Waals surface area contributed by atoms with Crippen molar-refractivity contribution < 1.29 is 18.7 Å². The zero-order valence-corrected chi connectivity index (χ0v) is 13.1. The Morgan fingerprint density at radius 3 is 2.72 bits per heavy atom. The summed E-state index contributed by atoms with van der Waals surface area (Å²) in [6.07, 6.45) is 0. The van der Waals surface area contributed by atoms with Gasteiger partial charge in [-0.25, -0.2) is 9.18 Å². The molecular formula is C17H15FN4O3. The minimum Gasteiger partial charge on any atom is -0.491 e. The number of H-pyrrole nitrogens is 1. The zero-order chi connectivity index (χ0) is 17.6. The lowest BCUT2D eigenvalue weighted by molar-refractivity contribution is 0.0967. The van der Waals surface area contributed by atoms with Gasteiger partial charge in [0.1, 0.15) is 19.0 Å². The normalized spacial score (nSPS) is 10.4. The van der Waals surface area contributed by atoms with Gasteiger partial charge in [-0.3, -0.25) is 20.5 Å². The van der Waals surface area contributed by atoms with Crippen LogP contribution in [0.15, 0.2) is 48.5 Å². The van der Waals surface area contributed by atoms with E-state index in [1.165, 1.54) is 0 Å². The number of amides is 3. The van der Waals surface area contributed by atoms with E-state index in [0.717, 1.165) is 0 Å². The number of ether oxygens (including phenoxy) is 1. The SMILES string of the molecule is O=C(NC(=O)c1ccccc1)Nc1n[nH]c2ccc(OCCF)cc12. The van der Waals surface area contributed by atoms with Crippen molar-refractivity contribution in [3.8, 4) is 5.75 Å². The number of urea groups is 1. The van der Waals surface area contributed by atoms with Gasteiger partial charge < -0.3 is 4.74 Å². The molecule has 3 amide bonds. The number of alkyl halides is 1. The summed E-state index contributed by atoms with van der Waals surface area (Å²) in [5.41, 5.74) is 1.03. The molecule has 8 heteroatoms. The number of hydrogen-bond donors (Lipinski definition) is 3. The quantitative estimate of drug-likeness (QED) is 0.664. The molecule has 25 heavy (non-hydrogen) atoms. The topological polar surface area (TPSA) is 96.1 Å². The molecule has 0 atom stereocenters. The van der Waals surface area contributed by atoms with Crippen LogP contribution in [0.4, 0.5) is 15.0 Å². The molecule has 0 aliphatic heterocycles. The molecule has 2 aromatic carbocycles. The Labute approximate surface area is 142 Å². The van der Waals surface area contributed by atoms with E-state index in [9.17, 15) is 14.0 Å². The van der Waals surface area contributed by atoms with Crippen LogP contribution in [0.1, 0.15) is 10.4 Å². The van der Waals surface area contributed by atoms with Crippen LogP contribution in [0.2, 0.25) is 0 Å². The highest BCUT2D eigenvalue weighted by Crippen LogP contribution is 2.25. The number of fused-ring (bicyclic) bond motifs is 1. The van der Waals surface area contributed by atoms with Crippen LogP contribution in [-0.2, 0) is 0 Å². The van der Waals surface area contributed by atoms with Crippen LogP contribution in [0.3, 0.4) is 0 Å². The minimum atomic E-state index is -0.711. The molecule has 3 aromatic rings. The molecule has 0 saturated carbocycles. The molecule has 1 aromatic heterocycles. The number of nitrogens with one attached hydrogen (secondary N) is 3. The van der Waals surface area contributed by atoms with Crippen molar-refractivity contribution in [1.29, 1.82) is 0 Å². The molecule has 0 saturated heterocycles. The molecule has 0 fully saturated rings. The predicted octanol–water partition coefficient (Wildman–Crippen LogP) is 2.87. The van der Waals surface area contributed by atoms with Crippen LogP contribution < -0.4 is 15.4 Å². The lowest BCUT2D eigenvalue weighted by Gasteiger charge is -2.06. The Balaban J connectivity index is 1.71. The van der Waals surface area contributed by atoms with Crippen molar-refractivity contribution in [2.24, 2.45) is 0 Å². The summed E-state index contributed by atoms with van der Waals surface area (Å²) in [5.74, 6) is 0.166. The van der Waals surface area contributed by atoms with Crippen molar-refractivity contribution in [3.05, 3.63) is 54.1 Å². The number of anilines is 1. The Kier molecular flexibility index (Phi) is 4.89. The first-order valence-electron chi connectivity index (χ1n) is 7.51. The molecule has 128 valence electrons. The Morgan fingerprint density at radius 2 is 1.96 bits per heavy atom. The maximum atomic E-state index is 12.2. The first-order valence-corrected chi connectivity index (χ1v) is 7.51. The molecule has 0 aliphatic rings. The van der Waals surface area contributed by atoms with E-state index in [0.29, 0.717) is 22.2 Å². The maximum Gasteiger partial charge on any atom is 0.327 e. The molecule has 0 radical (unpaired) electrons. The molecule has 3 rings (SSSR count). The fraction of sp³-hybridized carbons (Fsp3) is 0.118. The Morgan fingerprint density at radius 1 is 1.16 bits per heavy atom. The van der Waals surface area contributed by atoms with Gasteiger partial charge in [0.25, 0.3) is 5.91 Å². The summed E-state index contributed by atoms with van der Waals surface area (Å²) in [5, 5.41) is 12.1. The van der Waals surface area contributed by atoms with Gasteiger partial charge in [0.2, 0.25) is 0 Å². The van der Waals surface area contributed by atoms with Gasteiger partial charge in [0, 0.05) is 10.9 Å². The summed E-state index contributed by atoms with van der Waals surface area (Å²) >= 11 is 0. The smallest absolute Gasteiger partial charge is 0.327 e. The number of aromatic amines is 1. The molecule has 0 aliphatic carbocycles. The van der Waals surface area contributed by atoms with Gasteiger partial charge in [-0.05, 0) is 30.3 Å². The average Bonchev–Trinajstić information content (AvgIpc) is 3.02. The van der Waals surface area contributed by atoms with Gasteiger partial charge in [-0.1, -0.05) is 18.2 Å². The number of aromatic nitrogens is 2. The van der Waals surface area contributed by atoms with Crippen molar-refractivity contribution in [3.63, 3.8) is 0 Å². The number of carbonyl (C=O) groups is 2. The third-order valence-corrected chi connectivity index (χ3v) is 3.38. The van der Waals surface area contributed by atoms with Crippen LogP contribution in [0.25, 0.3) is 10.9 Å². The number of nitrogens with zero attached hydrogens (tertiary/aromatic N) is 1. The highest BCUT2D eigenvalue weighted by Gasteiger charge is 2.13. The van der Waals surface area contributed by atoms with E-state index in [4.69, 9.17) is 4.74 Å². The molecule has 0 spiro atoms. The van der Waals surface area contributed by atoms with Crippen LogP contribution in [0, 0.1) is 0 Å². The highest BCUT2D eigenvalue weighted by atomic mass is 19.1. The summed E-state index contributed by atoms with van der Waals surface area (Å²) in [6.45, 7) is -0.656. The summed E-state index contributed by atoms with van der Waals surface area (Å²) in [7, 11) is 0. The maximum absolute atomic E-state index is 12.2. The second-order valence-corrected chi connectivity index (χ2v) is 5.09. The number of benzene rings is 2. The number of imide groups is 1. The monoisotopic (exact) mass is 342 g/mol. The van der Waals surface area contributed by atoms with Crippen LogP contribution in [0.5, 0.6) is 5.75 Å². The van der Waals surface area contributed by atoms with E-state index in [-0.39, 0.29) is 12.4 Å². The van der Waals surface area contributed by atoms with Crippen molar-refractivity contribution >= 4 is 28.7 Å². The van der Waals surface area contributed by atoms with Crippen molar-refractivity contribution in [1.82, 2.24) is 15.5 Å². The largest absolute Gasteiger partial charge is 0.491 e. The number of carbonyl (C=O) groups excluding carboxylic acids is 2. The van der Waals surface area contributed by atoms with Crippen LogP contribution >= 0.6 is 0 Å². The first-order chi connectivity index (χ1) is 12.2. The molecule has 1 heterocycles. The molecule has 0 unspecified atom stereocenters. The van der Waals surface area contributed by atoms with Gasteiger partial charge >= 0.3 is 6.03 Å². The van der Waals surface area contributed by atoms with Gasteiger partial charge in [0.15, 0.2) is 5.82 Å². The minimum absolute atomic E-state index is 0.0574. The molecule has 0 bridgehead atoms. The second-order valence-electron chi connectivity index (χ2n) is 5.09. The third-order valence-electron chi connectivity index (χ3n) is 3.38. The number of rotatable bonds is 5. The van der Waals surface area contributed by atoms with E-state index in [1.54, 1.807) is 48.5 Å². The fourth-order valence-corrected chi connectivity index (χ4v) is 2.24. The highest BCUT2D eigenvalue weighted by molar-refractivity contribution is 6.09. The lowest BCUT2D eigenvalue weighted by atomic mass is 10.2. The van der Waals surface area contributed by atoms with E-state index in [1.807, 2.05) is 0 Å². The standard InChI is InChI=1S/C17H15FN4O3/c18-8-9-25-12-6-7-14-13(10-12)15(22-21-14)19-17(24)20-16(23)11-4-2-1-3-5-11/h1-7,10H,8-9H2,(H3,19,20,21,22,23,24). The van der Waals surface area contributed by atoms with E-state index in [2.05, 4.69) is 20.8 Å². The number of hydrogen-bond acceptors (Lipinski definition) is 4.